The van der Waals surface area contributed by atoms with Crippen LogP contribution in [0, 0.1) is 5.92 Å². The maximum atomic E-state index is 12.3. The number of anilines is 2. The molecule has 2 amide bonds. The minimum Gasteiger partial charge on any atom is -0.322 e. The molecule has 0 bridgehead atoms. The van der Waals surface area contributed by atoms with Crippen LogP contribution in [0.3, 0.4) is 0 Å². The zero-order valence-corrected chi connectivity index (χ0v) is 13.5. The van der Waals surface area contributed by atoms with Gasteiger partial charge in [-0.15, -0.1) is 0 Å². The van der Waals surface area contributed by atoms with Crippen molar-refractivity contribution in [3.8, 4) is 0 Å². The van der Waals surface area contributed by atoms with Crippen molar-refractivity contribution < 1.29 is 9.59 Å². The zero-order valence-electron chi connectivity index (χ0n) is 13.5. The number of nitrogens with one attached hydrogen (secondary N) is 2. The fourth-order valence-corrected chi connectivity index (χ4v) is 2.41. The molecule has 1 aliphatic rings. The highest BCUT2D eigenvalue weighted by molar-refractivity contribution is 6.05. The van der Waals surface area contributed by atoms with Crippen LogP contribution in [0.5, 0.6) is 0 Å². The molecule has 2 N–H and O–H groups in total. The van der Waals surface area contributed by atoms with E-state index in [0.29, 0.717) is 23.0 Å². The van der Waals surface area contributed by atoms with Gasteiger partial charge in [0.05, 0.1) is 0 Å². The largest absolute Gasteiger partial charge is 0.322 e. The van der Waals surface area contributed by atoms with E-state index in [9.17, 15) is 9.59 Å². The lowest BCUT2D eigenvalue weighted by Gasteiger charge is -2.07. The van der Waals surface area contributed by atoms with Crippen molar-refractivity contribution >= 4 is 23.3 Å². The van der Waals surface area contributed by atoms with Gasteiger partial charge in [-0.25, -0.2) is 4.98 Å². The minimum absolute atomic E-state index is 0.165. The summed E-state index contributed by atoms with van der Waals surface area (Å²) in [6.07, 6.45) is 5.58. The molecular formula is C19H19N3O2. The van der Waals surface area contributed by atoms with Crippen LogP contribution in [0.2, 0.25) is 0 Å². The fraction of sp³-hybridized carbons (Fsp3) is 0.211. The summed E-state index contributed by atoms with van der Waals surface area (Å²) < 4.78 is 0. The Kier molecular flexibility index (Phi) is 4.70. The smallest absolute Gasteiger partial charge is 0.256 e. The van der Waals surface area contributed by atoms with Gasteiger partial charge in [-0.1, -0.05) is 17.7 Å². The molecule has 0 atom stereocenters. The fourth-order valence-electron chi connectivity index (χ4n) is 2.41. The Hall–Kier alpha value is -2.95. The van der Waals surface area contributed by atoms with E-state index in [-0.39, 0.29) is 11.8 Å². The molecule has 3 rings (SSSR count). The molecule has 2 aromatic rings. The Morgan fingerprint density at radius 2 is 1.96 bits per heavy atom. The van der Waals surface area contributed by atoms with Gasteiger partial charge in [0, 0.05) is 23.5 Å². The number of aromatic nitrogens is 1. The number of pyridine rings is 1. The number of allylic oxidation sites excluding steroid dienone is 1. The maximum absolute atomic E-state index is 12.3. The van der Waals surface area contributed by atoms with Crippen molar-refractivity contribution in [1.29, 1.82) is 0 Å². The molecule has 1 heterocycles. The summed E-state index contributed by atoms with van der Waals surface area (Å²) >= 11 is 0. The van der Waals surface area contributed by atoms with Crippen molar-refractivity contribution in [3.05, 3.63) is 65.9 Å². The Morgan fingerprint density at radius 1 is 1.12 bits per heavy atom. The SMILES string of the molecule is C/C(=C/C(=O)Nc1cccc(C(=O)Nc2ccccn2)c1)C1CC1. The first kappa shape index (κ1) is 15.9. The number of hydrogen-bond acceptors (Lipinski definition) is 3. The first-order chi connectivity index (χ1) is 11.6. The van der Waals surface area contributed by atoms with Gasteiger partial charge in [0.15, 0.2) is 0 Å². The standard InChI is InChI=1S/C19H19N3O2/c1-13(14-8-9-14)11-18(23)21-16-6-4-5-15(12-16)19(24)22-17-7-2-3-10-20-17/h2-7,10-12,14H,8-9H2,1H3,(H,21,23)(H,20,22,24)/b13-11-. The lowest BCUT2D eigenvalue weighted by molar-refractivity contribution is -0.112. The summed E-state index contributed by atoms with van der Waals surface area (Å²) in [5.41, 5.74) is 2.16. The number of rotatable bonds is 5. The molecule has 1 fully saturated rings. The summed E-state index contributed by atoms with van der Waals surface area (Å²) in [5, 5.41) is 5.52. The van der Waals surface area contributed by atoms with Crippen LogP contribution >= 0.6 is 0 Å². The van der Waals surface area contributed by atoms with Crippen LogP contribution in [0.1, 0.15) is 30.1 Å². The molecule has 0 spiro atoms. The Bertz CT molecular complexity index is 780. The molecule has 0 aliphatic heterocycles. The summed E-state index contributed by atoms with van der Waals surface area (Å²) in [4.78, 5) is 28.3. The Balaban J connectivity index is 1.66. The second kappa shape index (κ2) is 7.08. The van der Waals surface area contributed by atoms with E-state index in [1.165, 1.54) is 12.8 Å². The number of nitrogens with zero attached hydrogens (tertiary/aromatic N) is 1. The van der Waals surface area contributed by atoms with E-state index >= 15 is 0 Å². The van der Waals surface area contributed by atoms with Crippen LogP contribution < -0.4 is 10.6 Å². The van der Waals surface area contributed by atoms with E-state index in [0.717, 1.165) is 5.57 Å². The number of hydrogen-bond donors (Lipinski definition) is 2. The van der Waals surface area contributed by atoms with Gasteiger partial charge in [0.1, 0.15) is 5.82 Å². The lowest BCUT2D eigenvalue weighted by atomic mass is 10.1. The second-order valence-electron chi connectivity index (χ2n) is 5.90. The van der Waals surface area contributed by atoms with E-state index in [1.807, 2.05) is 6.92 Å². The number of benzene rings is 1. The van der Waals surface area contributed by atoms with Gasteiger partial charge in [-0.05, 0) is 56.0 Å². The summed E-state index contributed by atoms with van der Waals surface area (Å²) in [6.45, 7) is 1.98. The Morgan fingerprint density at radius 3 is 2.67 bits per heavy atom. The summed E-state index contributed by atoms with van der Waals surface area (Å²) in [6, 6.07) is 12.1. The Labute approximate surface area is 140 Å². The average Bonchev–Trinajstić information content (AvgIpc) is 3.41. The van der Waals surface area contributed by atoms with E-state index in [1.54, 1.807) is 54.7 Å². The van der Waals surface area contributed by atoms with Gasteiger partial charge in [0.25, 0.3) is 5.91 Å². The minimum atomic E-state index is -0.269. The third kappa shape index (κ3) is 4.29. The van der Waals surface area contributed by atoms with Crippen molar-refractivity contribution in [2.24, 2.45) is 5.92 Å². The van der Waals surface area contributed by atoms with E-state index in [4.69, 9.17) is 0 Å². The van der Waals surface area contributed by atoms with Gasteiger partial charge in [0.2, 0.25) is 5.91 Å². The molecule has 0 saturated heterocycles. The van der Waals surface area contributed by atoms with Gasteiger partial charge in [-0.3, -0.25) is 9.59 Å². The highest BCUT2D eigenvalue weighted by atomic mass is 16.2. The van der Waals surface area contributed by atoms with Crippen LogP contribution in [-0.4, -0.2) is 16.8 Å². The third-order valence-electron chi connectivity index (χ3n) is 3.88. The average molecular weight is 321 g/mol. The molecule has 5 heteroatoms. The first-order valence-electron chi connectivity index (χ1n) is 7.93. The monoisotopic (exact) mass is 321 g/mol. The first-order valence-corrected chi connectivity index (χ1v) is 7.93. The van der Waals surface area contributed by atoms with E-state index in [2.05, 4.69) is 15.6 Å². The molecule has 24 heavy (non-hydrogen) atoms. The van der Waals surface area contributed by atoms with Crippen molar-refractivity contribution in [2.75, 3.05) is 10.6 Å². The number of amides is 2. The highest BCUT2D eigenvalue weighted by Gasteiger charge is 2.23. The van der Waals surface area contributed by atoms with Crippen molar-refractivity contribution in [1.82, 2.24) is 4.98 Å². The molecule has 1 aromatic heterocycles. The maximum Gasteiger partial charge on any atom is 0.256 e. The zero-order chi connectivity index (χ0) is 16.9. The van der Waals surface area contributed by atoms with Crippen LogP contribution in [0.15, 0.2) is 60.3 Å². The van der Waals surface area contributed by atoms with Crippen molar-refractivity contribution in [2.45, 2.75) is 19.8 Å². The van der Waals surface area contributed by atoms with E-state index < -0.39 is 0 Å². The topological polar surface area (TPSA) is 71.1 Å². The van der Waals surface area contributed by atoms with Crippen molar-refractivity contribution in [3.63, 3.8) is 0 Å². The van der Waals surface area contributed by atoms with Crippen LogP contribution in [0.25, 0.3) is 0 Å². The normalized spacial score (nSPS) is 14.1. The second-order valence-corrected chi connectivity index (χ2v) is 5.90. The molecule has 1 aromatic carbocycles. The predicted molar refractivity (Wildman–Crippen MR) is 93.7 cm³/mol. The van der Waals surface area contributed by atoms with Crippen LogP contribution in [0.4, 0.5) is 11.5 Å². The molecule has 0 unspecified atom stereocenters. The molecule has 1 saturated carbocycles. The van der Waals surface area contributed by atoms with Gasteiger partial charge in [-0.2, -0.15) is 0 Å². The summed E-state index contributed by atoms with van der Waals surface area (Å²) in [5.74, 6) is 0.613. The quantitative estimate of drug-likeness (QED) is 0.826. The predicted octanol–water partition coefficient (Wildman–Crippen LogP) is 3.63. The summed E-state index contributed by atoms with van der Waals surface area (Å²) in [7, 11) is 0. The molecular weight excluding hydrogens is 302 g/mol. The molecule has 5 nitrogen and oxygen atoms in total. The molecule has 0 radical (unpaired) electrons. The van der Waals surface area contributed by atoms with Crippen LogP contribution in [-0.2, 0) is 4.79 Å². The number of carbonyl (C=O) groups excluding carboxylic acids is 2. The lowest BCUT2D eigenvalue weighted by Crippen LogP contribution is -2.14. The van der Waals surface area contributed by atoms with Gasteiger partial charge < -0.3 is 10.6 Å². The molecule has 122 valence electrons. The van der Waals surface area contributed by atoms with Gasteiger partial charge >= 0.3 is 0 Å². The number of carbonyl (C=O) groups is 2. The molecule has 1 aliphatic carbocycles. The highest BCUT2D eigenvalue weighted by Crippen LogP contribution is 2.35. The third-order valence-corrected chi connectivity index (χ3v) is 3.88.